The standard InChI is InChI=1S/C12H16O2/c1-9(13)8-11-7-6-10-4-2-3-5-12(10)14-11/h2-5,9,11,13H,6-8H2,1H3. The van der Waals surface area contributed by atoms with Crippen molar-refractivity contribution in [1.29, 1.82) is 0 Å². The second kappa shape index (κ2) is 4.01. The fraction of sp³-hybridized carbons (Fsp3) is 0.500. The van der Waals surface area contributed by atoms with Gasteiger partial charge in [-0.15, -0.1) is 0 Å². The lowest BCUT2D eigenvalue weighted by Crippen LogP contribution is -2.26. The molecule has 0 saturated carbocycles. The third-order valence-electron chi connectivity index (χ3n) is 2.61. The van der Waals surface area contributed by atoms with Crippen molar-refractivity contribution < 1.29 is 9.84 Å². The Morgan fingerprint density at radius 3 is 3.07 bits per heavy atom. The van der Waals surface area contributed by atoms with Gasteiger partial charge in [0.25, 0.3) is 0 Å². The van der Waals surface area contributed by atoms with Crippen molar-refractivity contribution in [3.8, 4) is 5.75 Å². The van der Waals surface area contributed by atoms with Crippen molar-refractivity contribution in [3.63, 3.8) is 0 Å². The van der Waals surface area contributed by atoms with E-state index in [0.717, 1.165) is 25.0 Å². The van der Waals surface area contributed by atoms with E-state index >= 15 is 0 Å². The first-order chi connectivity index (χ1) is 6.75. The molecule has 1 N–H and O–H groups in total. The number of para-hydroxylation sites is 1. The SMILES string of the molecule is CC(O)CC1CCc2ccccc2O1. The molecule has 0 saturated heterocycles. The van der Waals surface area contributed by atoms with E-state index in [1.165, 1.54) is 5.56 Å². The molecule has 1 heterocycles. The minimum Gasteiger partial charge on any atom is -0.490 e. The third-order valence-corrected chi connectivity index (χ3v) is 2.61. The number of hydrogen-bond donors (Lipinski definition) is 1. The summed E-state index contributed by atoms with van der Waals surface area (Å²) in [6.45, 7) is 1.81. The molecule has 2 atom stereocenters. The fourth-order valence-electron chi connectivity index (χ4n) is 1.93. The summed E-state index contributed by atoms with van der Waals surface area (Å²) < 4.78 is 5.78. The third kappa shape index (κ3) is 2.07. The number of aryl methyl sites for hydroxylation is 1. The normalized spacial score (nSPS) is 22.3. The molecule has 0 amide bonds. The van der Waals surface area contributed by atoms with Crippen LogP contribution in [0.3, 0.4) is 0 Å². The number of aliphatic hydroxyl groups excluding tert-OH is 1. The predicted molar refractivity (Wildman–Crippen MR) is 55.5 cm³/mol. The van der Waals surface area contributed by atoms with Crippen molar-refractivity contribution in [3.05, 3.63) is 29.8 Å². The molecule has 1 aliphatic heterocycles. The Morgan fingerprint density at radius 2 is 2.29 bits per heavy atom. The minimum absolute atomic E-state index is 0.185. The largest absolute Gasteiger partial charge is 0.490 e. The molecule has 14 heavy (non-hydrogen) atoms. The first kappa shape index (κ1) is 9.53. The molecule has 0 aromatic heterocycles. The Kier molecular flexibility index (Phi) is 2.73. The van der Waals surface area contributed by atoms with Gasteiger partial charge in [-0.1, -0.05) is 18.2 Å². The Labute approximate surface area is 84.5 Å². The van der Waals surface area contributed by atoms with Gasteiger partial charge in [-0.25, -0.2) is 0 Å². The minimum atomic E-state index is -0.273. The number of fused-ring (bicyclic) bond motifs is 1. The van der Waals surface area contributed by atoms with E-state index in [-0.39, 0.29) is 12.2 Å². The van der Waals surface area contributed by atoms with E-state index in [4.69, 9.17) is 4.74 Å². The van der Waals surface area contributed by atoms with Crippen LogP contribution in [-0.4, -0.2) is 17.3 Å². The van der Waals surface area contributed by atoms with E-state index in [1.807, 2.05) is 25.1 Å². The van der Waals surface area contributed by atoms with Crippen LogP contribution < -0.4 is 4.74 Å². The maximum atomic E-state index is 9.27. The number of hydrogen-bond acceptors (Lipinski definition) is 2. The van der Waals surface area contributed by atoms with Crippen LogP contribution in [0, 0.1) is 0 Å². The maximum Gasteiger partial charge on any atom is 0.122 e. The maximum absolute atomic E-state index is 9.27. The van der Waals surface area contributed by atoms with Crippen molar-refractivity contribution in [1.82, 2.24) is 0 Å². The van der Waals surface area contributed by atoms with Crippen LogP contribution in [0.15, 0.2) is 24.3 Å². The Balaban J connectivity index is 2.06. The van der Waals surface area contributed by atoms with Crippen LogP contribution in [0.25, 0.3) is 0 Å². The lowest BCUT2D eigenvalue weighted by Gasteiger charge is -2.26. The molecular formula is C12H16O2. The van der Waals surface area contributed by atoms with Gasteiger partial charge in [0.15, 0.2) is 0 Å². The van der Waals surface area contributed by atoms with Crippen LogP contribution in [0.5, 0.6) is 5.75 Å². The number of ether oxygens (including phenoxy) is 1. The van der Waals surface area contributed by atoms with Crippen molar-refractivity contribution in [2.45, 2.75) is 38.4 Å². The molecule has 0 radical (unpaired) electrons. The summed E-state index contributed by atoms with van der Waals surface area (Å²) in [7, 11) is 0. The summed E-state index contributed by atoms with van der Waals surface area (Å²) in [6.07, 6.45) is 2.72. The van der Waals surface area contributed by atoms with E-state index in [9.17, 15) is 5.11 Å². The summed E-state index contributed by atoms with van der Waals surface area (Å²) in [5.41, 5.74) is 1.29. The highest BCUT2D eigenvalue weighted by Crippen LogP contribution is 2.28. The summed E-state index contributed by atoms with van der Waals surface area (Å²) in [5, 5.41) is 9.27. The topological polar surface area (TPSA) is 29.5 Å². The molecule has 0 bridgehead atoms. The van der Waals surface area contributed by atoms with Crippen LogP contribution in [0.2, 0.25) is 0 Å². The zero-order valence-electron chi connectivity index (χ0n) is 8.44. The highest BCUT2D eigenvalue weighted by molar-refractivity contribution is 5.35. The van der Waals surface area contributed by atoms with Gasteiger partial charge in [-0.3, -0.25) is 0 Å². The molecule has 2 unspecified atom stereocenters. The average molecular weight is 192 g/mol. The molecule has 76 valence electrons. The van der Waals surface area contributed by atoms with Gasteiger partial charge >= 0.3 is 0 Å². The van der Waals surface area contributed by atoms with Crippen molar-refractivity contribution in [2.24, 2.45) is 0 Å². The number of rotatable bonds is 2. The zero-order valence-corrected chi connectivity index (χ0v) is 8.44. The number of aliphatic hydroxyl groups is 1. The predicted octanol–water partition coefficient (Wildman–Crippen LogP) is 2.15. The van der Waals surface area contributed by atoms with Crippen LogP contribution >= 0.6 is 0 Å². The molecule has 0 fully saturated rings. The first-order valence-corrected chi connectivity index (χ1v) is 5.18. The highest BCUT2D eigenvalue weighted by Gasteiger charge is 2.20. The Morgan fingerprint density at radius 1 is 1.50 bits per heavy atom. The summed E-state index contributed by atoms with van der Waals surface area (Å²) in [6, 6.07) is 8.14. The highest BCUT2D eigenvalue weighted by atomic mass is 16.5. The summed E-state index contributed by atoms with van der Waals surface area (Å²) >= 11 is 0. The molecule has 2 rings (SSSR count). The van der Waals surface area contributed by atoms with Gasteiger partial charge in [0.2, 0.25) is 0 Å². The second-order valence-electron chi connectivity index (χ2n) is 3.97. The average Bonchev–Trinajstić information content (AvgIpc) is 2.17. The zero-order chi connectivity index (χ0) is 9.97. The molecule has 1 aromatic carbocycles. The molecule has 1 aromatic rings. The van der Waals surface area contributed by atoms with Gasteiger partial charge in [0, 0.05) is 6.42 Å². The van der Waals surface area contributed by atoms with Gasteiger partial charge in [0.05, 0.1) is 6.10 Å². The molecule has 1 aliphatic rings. The monoisotopic (exact) mass is 192 g/mol. The summed E-state index contributed by atoms with van der Waals surface area (Å²) in [4.78, 5) is 0. The van der Waals surface area contributed by atoms with Crippen LogP contribution in [-0.2, 0) is 6.42 Å². The molecular weight excluding hydrogens is 176 g/mol. The Bertz CT molecular complexity index is 307. The molecule has 2 nitrogen and oxygen atoms in total. The van der Waals surface area contributed by atoms with Gasteiger partial charge in [-0.2, -0.15) is 0 Å². The first-order valence-electron chi connectivity index (χ1n) is 5.18. The lowest BCUT2D eigenvalue weighted by molar-refractivity contribution is 0.0926. The number of benzene rings is 1. The summed E-state index contributed by atoms with van der Waals surface area (Å²) in [5.74, 6) is 0.990. The van der Waals surface area contributed by atoms with Crippen LogP contribution in [0.4, 0.5) is 0 Å². The lowest BCUT2D eigenvalue weighted by atomic mass is 9.99. The van der Waals surface area contributed by atoms with Crippen molar-refractivity contribution >= 4 is 0 Å². The van der Waals surface area contributed by atoms with E-state index < -0.39 is 0 Å². The van der Waals surface area contributed by atoms with E-state index in [1.54, 1.807) is 0 Å². The van der Waals surface area contributed by atoms with Gasteiger partial charge < -0.3 is 9.84 Å². The van der Waals surface area contributed by atoms with Gasteiger partial charge in [-0.05, 0) is 31.4 Å². The molecule has 0 aliphatic carbocycles. The van der Waals surface area contributed by atoms with E-state index in [0.29, 0.717) is 0 Å². The van der Waals surface area contributed by atoms with Crippen LogP contribution in [0.1, 0.15) is 25.3 Å². The van der Waals surface area contributed by atoms with Crippen molar-refractivity contribution in [2.75, 3.05) is 0 Å². The second-order valence-corrected chi connectivity index (χ2v) is 3.97. The fourth-order valence-corrected chi connectivity index (χ4v) is 1.93. The molecule has 0 spiro atoms. The van der Waals surface area contributed by atoms with E-state index in [2.05, 4.69) is 6.07 Å². The van der Waals surface area contributed by atoms with Gasteiger partial charge in [0.1, 0.15) is 11.9 Å². The molecule has 2 heteroatoms. The Hall–Kier alpha value is -1.02. The quantitative estimate of drug-likeness (QED) is 0.778. The smallest absolute Gasteiger partial charge is 0.122 e.